The number of amides is 2. The number of rotatable bonds is 10. The Morgan fingerprint density at radius 1 is 1.22 bits per heavy atom. The summed E-state index contributed by atoms with van der Waals surface area (Å²) in [6, 6.07) is 8.66. The summed E-state index contributed by atoms with van der Waals surface area (Å²) in [5, 5.41) is 0. The molecule has 0 bridgehead atoms. The van der Waals surface area contributed by atoms with Crippen molar-refractivity contribution >= 4 is 12.3 Å². The third-order valence-electron chi connectivity index (χ3n) is 5.37. The number of likely N-dealkylation sites (N-methyl/N-ethyl adjacent to an activating group) is 1. The Labute approximate surface area is 163 Å². The third kappa shape index (κ3) is 6.54. The molecule has 1 atom stereocenters. The van der Waals surface area contributed by atoms with Crippen LogP contribution in [0.3, 0.4) is 0 Å². The van der Waals surface area contributed by atoms with E-state index in [1.807, 2.05) is 17.0 Å². The predicted octanol–water partition coefficient (Wildman–Crippen LogP) is 2.03. The molecule has 0 aliphatic carbocycles. The van der Waals surface area contributed by atoms with E-state index in [0.29, 0.717) is 38.6 Å². The number of benzene rings is 1. The maximum Gasteiger partial charge on any atom is 0.222 e. The van der Waals surface area contributed by atoms with E-state index in [-0.39, 0.29) is 5.91 Å². The van der Waals surface area contributed by atoms with Crippen LogP contribution in [0.1, 0.15) is 32.3 Å². The molecule has 1 fully saturated rings. The summed E-state index contributed by atoms with van der Waals surface area (Å²) in [4.78, 5) is 29.2. The van der Waals surface area contributed by atoms with Crippen molar-refractivity contribution in [3.8, 4) is 5.75 Å². The molecule has 2 rings (SSSR count). The first kappa shape index (κ1) is 21.2. The molecule has 1 aliphatic heterocycles. The zero-order chi connectivity index (χ0) is 19.6. The van der Waals surface area contributed by atoms with Gasteiger partial charge in [0.15, 0.2) is 0 Å². The van der Waals surface area contributed by atoms with E-state index in [9.17, 15) is 9.59 Å². The molecule has 1 aromatic carbocycles. The Kier molecular flexibility index (Phi) is 8.58. The highest BCUT2D eigenvalue weighted by atomic mass is 16.5. The minimum Gasteiger partial charge on any atom is -0.497 e. The van der Waals surface area contributed by atoms with Gasteiger partial charge < -0.3 is 19.4 Å². The second-order valence-electron chi connectivity index (χ2n) is 7.16. The van der Waals surface area contributed by atoms with Crippen molar-refractivity contribution in [3.63, 3.8) is 0 Å². The molecule has 0 saturated carbocycles. The van der Waals surface area contributed by atoms with E-state index in [2.05, 4.69) is 30.9 Å². The van der Waals surface area contributed by atoms with Gasteiger partial charge in [-0.25, -0.2) is 0 Å². The average Bonchev–Trinajstić information content (AvgIpc) is 2.71. The Bertz CT molecular complexity index is 583. The van der Waals surface area contributed by atoms with Crippen LogP contribution in [-0.2, 0) is 16.0 Å². The number of nitrogens with zero attached hydrogens (tertiary/aromatic N) is 3. The van der Waals surface area contributed by atoms with Crippen LogP contribution in [0.2, 0.25) is 0 Å². The number of hydrogen-bond acceptors (Lipinski definition) is 4. The van der Waals surface area contributed by atoms with Gasteiger partial charge in [0.05, 0.1) is 7.11 Å². The number of carbonyl (C=O) groups is 2. The zero-order valence-corrected chi connectivity index (χ0v) is 16.9. The van der Waals surface area contributed by atoms with Crippen molar-refractivity contribution in [2.45, 2.75) is 39.2 Å². The lowest BCUT2D eigenvalue weighted by molar-refractivity contribution is -0.135. The maximum absolute atomic E-state index is 12.4. The van der Waals surface area contributed by atoms with Crippen LogP contribution < -0.4 is 4.74 Å². The molecule has 27 heavy (non-hydrogen) atoms. The quantitative estimate of drug-likeness (QED) is 0.587. The van der Waals surface area contributed by atoms with Crippen LogP contribution in [-0.4, -0.2) is 79.4 Å². The summed E-state index contributed by atoms with van der Waals surface area (Å²) in [6.45, 7) is 8.92. The SMILES string of the molecule is CCN(CCCC(=O)N1CCN(C=O)CC1)C(C)Cc1ccc(OC)cc1. The van der Waals surface area contributed by atoms with Gasteiger partial charge in [0.25, 0.3) is 0 Å². The van der Waals surface area contributed by atoms with E-state index in [1.54, 1.807) is 12.0 Å². The third-order valence-corrected chi connectivity index (χ3v) is 5.37. The Balaban J connectivity index is 1.73. The molecule has 1 unspecified atom stereocenters. The van der Waals surface area contributed by atoms with Crippen molar-refractivity contribution in [3.05, 3.63) is 29.8 Å². The van der Waals surface area contributed by atoms with Crippen LogP contribution in [0.5, 0.6) is 5.75 Å². The summed E-state index contributed by atoms with van der Waals surface area (Å²) in [5.74, 6) is 1.09. The van der Waals surface area contributed by atoms with E-state index in [4.69, 9.17) is 4.74 Å². The fraction of sp³-hybridized carbons (Fsp3) is 0.619. The van der Waals surface area contributed by atoms with Crippen LogP contribution >= 0.6 is 0 Å². The molecule has 0 radical (unpaired) electrons. The van der Waals surface area contributed by atoms with Gasteiger partial charge in [-0.15, -0.1) is 0 Å². The maximum atomic E-state index is 12.4. The van der Waals surface area contributed by atoms with Crippen molar-refractivity contribution in [2.24, 2.45) is 0 Å². The molecular weight excluding hydrogens is 342 g/mol. The summed E-state index contributed by atoms with van der Waals surface area (Å²) in [5.41, 5.74) is 1.30. The highest BCUT2D eigenvalue weighted by Crippen LogP contribution is 2.15. The first-order chi connectivity index (χ1) is 13.1. The van der Waals surface area contributed by atoms with Crippen LogP contribution in [0.25, 0.3) is 0 Å². The largest absolute Gasteiger partial charge is 0.497 e. The van der Waals surface area contributed by atoms with Gasteiger partial charge in [0.1, 0.15) is 5.75 Å². The van der Waals surface area contributed by atoms with Crippen molar-refractivity contribution in [1.29, 1.82) is 0 Å². The molecule has 1 saturated heterocycles. The fourth-order valence-corrected chi connectivity index (χ4v) is 3.59. The van der Waals surface area contributed by atoms with E-state index < -0.39 is 0 Å². The van der Waals surface area contributed by atoms with Gasteiger partial charge in [0, 0.05) is 38.6 Å². The standard InChI is InChI=1S/C21H33N3O3/c1-4-23(18(2)16-19-7-9-20(27-3)10-8-19)11-5-6-21(26)24-14-12-22(17-25)13-15-24/h7-10,17-18H,4-6,11-16H2,1-3H3. The lowest BCUT2D eigenvalue weighted by Crippen LogP contribution is -2.48. The predicted molar refractivity (Wildman–Crippen MR) is 107 cm³/mol. The molecular formula is C21H33N3O3. The van der Waals surface area contributed by atoms with Crippen LogP contribution in [0.4, 0.5) is 0 Å². The normalized spacial score (nSPS) is 15.7. The van der Waals surface area contributed by atoms with E-state index >= 15 is 0 Å². The second kappa shape index (κ2) is 10.9. The lowest BCUT2D eigenvalue weighted by atomic mass is 10.1. The van der Waals surface area contributed by atoms with Gasteiger partial charge in [-0.3, -0.25) is 9.59 Å². The Morgan fingerprint density at radius 3 is 2.44 bits per heavy atom. The molecule has 1 aromatic rings. The number of hydrogen-bond donors (Lipinski definition) is 0. The minimum absolute atomic E-state index is 0.208. The first-order valence-electron chi connectivity index (χ1n) is 9.91. The lowest BCUT2D eigenvalue weighted by Gasteiger charge is -2.33. The molecule has 6 heteroatoms. The van der Waals surface area contributed by atoms with Crippen molar-refractivity contribution in [2.75, 3.05) is 46.4 Å². The van der Waals surface area contributed by atoms with Crippen molar-refractivity contribution < 1.29 is 14.3 Å². The Hall–Kier alpha value is -2.08. The van der Waals surface area contributed by atoms with Gasteiger partial charge in [0.2, 0.25) is 12.3 Å². The highest BCUT2D eigenvalue weighted by molar-refractivity contribution is 5.76. The molecule has 1 aliphatic rings. The smallest absolute Gasteiger partial charge is 0.222 e. The summed E-state index contributed by atoms with van der Waals surface area (Å²) in [6.07, 6.45) is 3.30. The molecule has 150 valence electrons. The first-order valence-corrected chi connectivity index (χ1v) is 9.91. The number of carbonyl (C=O) groups excluding carboxylic acids is 2. The summed E-state index contributed by atoms with van der Waals surface area (Å²) in [7, 11) is 1.68. The van der Waals surface area contributed by atoms with Crippen LogP contribution in [0, 0.1) is 0 Å². The van der Waals surface area contributed by atoms with Crippen molar-refractivity contribution in [1.82, 2.24) is 14.7 Å². The second-order valence-corrected chi connectivity index (χ2v) is 7.16. The molecule has 0 N–H and O–H groups in total. The molecule has 0 spiro atoms. The van der Waals surface area contributed by atoms with Gasteiger partial charge >= 0.3 is 0 Å². The highest BCUT2D eigenvalue weighted by Gasteiger charge is 2.20. The fourth-order valence-electron chi connectivity index (χ4n) is 3.59. The van der Waals surface area contributed by atoms with Gasteiger partial charge in [-0.05, 0) is 50.6 Å². The van der Waals surface area contributed by atoms with E-state index in [1.165, 1.54) is 5.56 Å². The monoisotopic (exact) mass is 375 g/mol. The zero-order valence-electron chi connectivity index (χ0n) is 16.9. The molecule has 6 nitrogen and oxygen atoms in total. The number of ether oxygens (including phenoxy) is 1. The van der Waals surface area contributed by atoms with Gasteiger partial charge in [-0.1, -0.05) is 19.1 Å². The summed E-state index contributed by atoms with van der Waals surface area (Å²) >= 11 is 0. The molecule has 0 aromatic heterocycles. The minimum atomic E-state index is 0.208. The average molecular weight is 376 g/mol. The number of methoxy groups -OCH3 is 1. The Morgan fingerprint density at radius 2 is 1.89 bits per heavy atom. The van der Waals surface area contributed by atoms with E-state index in [0.717, 1.165) is 38.1 Å². The molecule has 1 heterocycles. The summed E-state index contributed by atoms with van der Waals surface area (Å²) < 4.78 is 5.21. The molecule has 2 amide bonds. The van der Waals surface area contributed by atoms with Gasteiger partial charge in [-0.2, -0.15) is 0 Å². The number of piperazine rings is 1. The topological polar surface area (TPSA) is 53.1 Å². The van der Waals surface area contributed by atoms with Crippen LogP contribution in [0.15, 0.2) is 24.3 Å².